The Labute approximate surface area is 131 Å². The van der Waals surface area contributed by atoms with Crippen LogP contribution in [0.4, 0.5) is 0 Å². The highest BCUT2D eigenvalue weighted by atomic mass is 32.1. The molecule has 1 atom stereocenters. The van der Waals surface area contributed by atoms with Gasteiger partial charge in [0.1, 0.15) is 0 Å². The Bertz CT molecular complexity index is 549. The van der Waals surface area contributed by atoms with Crippen LogP contribution in [0.1, 0.15) is 35.4 Å². The van der Waals surface area contributed by atoms with Gasteiger partial charge in [0.05, 0.1) is 0 Å². The number of aryl methyl sites for hydroxylation is 1. The van der Waals surface area contributed by atoms with Crippen LogP contribution >= 0.6 is 11.3 Å². The van der Waals surface area contributed by atoms with Gasteiger partial charge in [-0.3, -0.25) is 4.90 Å². The van der Waals surface area contributed by atoms with Crippen molar-refractivity contribution in [1.29, 1.82) is 0 Å². The summed E-state index contributed by atoms with van der Waals surface area (Å²) in [5.41, 5.74) is 2.93. The first-order valence-corrected chi connectivity index (χ1v) is 8.80. The van der Waals surface area contributed by atoms with Crippen molar-refractivity contribution < 1.29 is 0 Å². The molecule has 21 heavy (non-hydrogen) atoms. The molecule has 1 aromatic heterocycles. The van der Waals surface area contributed by atoms with Gasteiger partial charge >= 0.3 is 0 Å². The standard InChI is InChI=1S/C18H24N2S/c1-2-15-9-12-21-18(15)14-20-11-6-10-19-17(13-20)16-7-4-3-5-8-16/h3-5,7-9,12,17,19H,2,6,10-11,13-14H2,1H3. The fourth-order valence-corrected chi connectivity index (χ4v) is 4.09. The predicted octanol–water partition coefficient (Wildman–Crippen LogP) is 3.85. The first kappa shape index (κ1) is 14.8. The number of benzene rings is 1. The second-order valence-electron chi connectivity index (χ2n) is 5.73. The van der Waals surface area contributed by atoms with Gasteiger partial charge in [-0.1, -0.05) is 37.3 Å². The minimum atomic E-state index is 0.457. The Kier molecular flexibility index (Phi) is 5.07. The van der Waals surface area contributed by atoms with Crippen LogP contribution in [0.5, 0.6) is 0 Å². The molecule has 3 rings (SSSR count). The molecule has 1 N–H and O–H groups in total. The van der Waals surface area contributed by atoms with Crippen molar-refractivity contribution in [1.82, 2.24) is 10.2 Å². The molecule has 0 radical (unpaired) electrons. The molecule has 1 saturated heterocycles. The fraction of sp³-hybridized carbons (Fsp3) is 0.444. The van der Waals surface area contributed by atoms with E-state index in [2.05, 4.69) is 58.9 Å². The molecule has 0 amide bonds. The molecule has 2 nitrogen and oxygen atoms in total. The third-order valence-corrected chi connectivity index (χ3v) is 5.22. The van der Waals surface area contributed by atoms with Gasteiger partial charge in [-0.15, -0.1) is 11.3 Å². The van der Waals surface area contributed by atoms with Gasteiger partial charge in [-0.25, -0.2) is 0 Å². The summed E-state index contributed by atoms with van der Waals surface area (Å²) >= 11 is 1.91. The molecule has 1 aliphatic rings. The van der Waals surface area contributed by atoms with Crippen LogP contribution in [-0.2, 0) is 13.0 Å². The van der Waals surface area contributed by atoms with Gasteiger partial charge < -0.3 is 5.32 Å². The molecule has 1 fully saturated rings. The van der Waals surface area contributed by atoms with Crippen molar-refractivity contribution in [2.24, 2.45) is 0 Å². The van der Waals surface area contributed by atoms with Crippen molar-refractivity contribution in [2.75, 3.05) is 19.6 Å². The summed E-state index contributed by atoms with van der Waals surface area (Å²) in [6.45, 7) is 6.76. The normalized spacial score (nSPS) is 20.3. The summed E-state index contributed by atoms with van der Waals surface area (Å²) in [6.07, 6.45) is 2.38. The van der Waals surface area contributed by atoms with Gasteiger partial charge in [0.2, 0.25) is 0 Å². The van der Waals surface area contributed by atoms with Crippen LogP contribution < -0.4 is 5.32 Å². The van der Waals surface area contributed by atoms with Gasteiger partial charge in [0, 0.05) is 24.0 Å². The van der Waals surface area contributed by atoms with Crippen LogP contribution in [0.3, 0.4) is 0 Å². The molecular weight excluding hydrogens is 276 g/mol. The van der Waals surface area contributed by atoms with Crippen molar-refractivity contribution >= 4 is 11.3 Å². The lowest BCUT2D eigenvalue weighted by molar-refractivity contribution is 0.262. The Hall–Kier alpha value is -1.16. The smallest absolute Gasteiger partial charge is 0.0449 e. The van der Waals surface area contributed by atoms with Gasteiger partial charge in [-0.05, 0) is 48.5 Å². The average Bonchev–Trinajstić information content (AvgIpc) is 2.84. The monoisotopic (exact) mass is 300 g/mol. The number of rotatable bonds is 4. The van der Waals surface area contributed by atoms with Crippen LogP contribution in [0.2, 0.25) is 0 Å². The first-order valence-electron chi connectivity index (χ1n) is 7.92. The number of nitrogens with one attached hydrogen (secondary N) is 1. The number of nitrogens with zero attached hydrogens (tertiary/aromatic N) is 1. The van der Waals surface area contributed by atoms with E-state index in [0.29, 0.717) is 6.04 Å². The van der Waals surface area contributed by atoms with E-state index in [-0.39, 0.29) is 0 Å². The molecule has 0 bridgehead atoms. The van der Waals surface area contributed by atoms with E-state index < -0.39 is 0 Å². The summed E-state index contributed by atoms with van der Waals surface area (Å²) in [7, 11) is 0. The van der Waals surface area contributed by atoms with Crippen LogP contribution in [-0.4, -0.2) is 24.5 Å². The van der Waals surface area contributed by atoms with Gasteiger partial charge in [0.15, 0.2) is 0 Å². The van der Waals surface area contributed by atoms with E-state index in [1.807, 2.05) is 11.3 Å². The predicted molar refractivity (Wildman–Crippen MR) is 90.8 cm³/mol. The summed E-state index contributed by atoms with van der Waals surface area (Å²) < 4.78 is 0. The van der Waals surface area contributed by atoms with Crippen molar-refractivity contribution in [2.45, 2.75) is 32.4 Å². The molecule has 112 valence electrons. The van der Waals surface area contributed by atoms with Crippen LogP contribution in [0.15, 0.2) is 41.8 Å². The molecular formula is C18H24N2S. The van der Waals surface area contributed by atoms with Gasteiger partial charge in [-0.2, -0.15) is 0 Å². The van der Waals surface area contributed by atoms with Crippen molar-refractivity contribution in [3.63, 3.8) is 0 Å². The second kappa shape index (κ2) is 7.21. The third kappa shape index (κ3) is 3.73. The van der Waals surface area contributed by atoms with E-state index in [1.165, 1.54) is 24.1 Å². The zero-order valence-electron chi connectivity index (χ0n) is 12.7. The number of thiophene rings is 1. The maximum Gasteiger partial charge on any atom is 0.0449 e. The summed E-state index contributed by atoms with van der Waals surface area (Å²) in [5, 5.41) is 5.93. The minimum Gasteiger partial charge on any atom is -0.309 e. The lowest BCUT2D eigenvalue weighted by Gasteiger charge is -2.24. The third-order valence-electron chi connectivity index (χ3n) is 4.27. The maximum absolute atomic E-state index is 3.70. The highest BCUT2D eigenvalue weighted by Gasteiger charge is 2.20. The van der Waals surface area contributed by atoms with E-state index >= 15 is 0 Å². The Balaban J connectivity index is 1.70. The first-order chi connectivity index (χ1) is 10.4. The molecule has 1 unspecified atom stereocenters. The number of hydrogen-bond acceptors (Lipinski definition) is 3. The van der Waals surface area contributed by atoms with Crippen molar-refractivity contribution in [3.8, 4) is 0 Å². The number of hydrogen-bond donors (Lipinski definition) is 1. The molecule has 0 aliphatic carbocycles. The lowest BCUT2D eigenvalue weighted by atomic mass is 10.1. The van der Waals surface area contributed by atoms with E-state index in [0.717, 1.165) is 26.1 Å². The summed E-state index contributed by atoms with van der Waals surface area (Å²) in [4.78, 5) is 4.16. The van der Waals surface area contributed by atoms with E-state index in [9.17, 15) is 0 Å². The van der Waals surface area contributed by atoms with E-state index in [1.54, 1.807) is 4.88 Å². The van der Waals surface area contributed by atoms with Crippen LogP contribution in [0, 0.1) is 0 Å². The SMILES string of the molecule is CCc1ccsc1CN1CCCNC(c2ccccc2)C1. The molecule has 2 aromatic rings. The zero-order valence-corrected chi connectivity index (χ0v) is 13.5. The highest BCUT2D eigenvalue weighted by Crippen LogP contribution is 2.23. The molecule has 1 aromatic carbocycles. The Morgan fingerprint density at radius 1 is 1.24 bits per heavy atom. The molecule has 3 heteroatoms. The molecule has 2 heterocycles. The zero-order chi connectivity index (χ0) is 14.5. The Morgan fingerprint density at radius 3 is 2.90 bits per heavy atom. The minimum absolute atomic E-state index is 0.457. The summed E-state index contributed by atoms with van der Waals surface area (Å²) in [5.74, 6) is 0. The molecule has 0 spiro atoms. The Morgan fingerprint density at radius 2 is 2.10 bits per heavy atom. The second-order valence-corrected chi connectivity index (χ2v) is 6.73. The summed E-state index contributed by atoms with van der Waals surface area (Å²) in [6, 6.07) is 13.6. The molecule has 0 saturated carbocycles. The quantitative estimate of drug-likeness (QED) is 0.922. The average molecular weight is 300 g/mol. The van der Waals surface area contributed by atoms with Crippen molar-refractivity contribution in [3.05, 3.63) is 57.8 Å². The fourth-order valence-electron chi connectivity index (χ4n) is 3.07. The maximum atomic E-state index is 3.70. The highest BCUT2D eigenvalue weighted by molar-refractivity contribution is 7.10. The van der Waals surface area contributed by atoms with E-state index in [4.69, 9.17) is 0 Å². The lowest BCUT2D eigenvalue weighted by Crippen LogP contribution is -2.31. The van der Waals surface area contributed by atoms with Gasteiger partial charge in [0.25, 0.3) is 0 Å². The van der Waals surface area contributed by atoms with Crippen LogP contribution in [0.25, 0.3) is 0 Å². The topological polar surface area (TPSA) is 15.3 Å². The molecule has 1 aliphatic heterocycles. The largest absolute Gasteiger partial charge is 0.309 e.